The zero-order chi connectivity index (χ0) is 23.7. The van der Waals surface area contributed by atoms with Gasteiger partial charge in [-0.15, -0.1) is 11.8 Å². The zero-order valence-corrected chi connectivity index (χ0v) is 19.7. The molecule has 3 amide bonds. The monoisotopic (exact) mass is 485 g/mol. The predicted molar refractivity (Wildman–Crippen MR) is 119 cm³/mol. The summed E-state index contributed by atoms with van der Waals surface area (Å²) < 4.78 is 5.57. The molecule has 0 aromatic carbocycles. The highest BCUT2D eigenvalue weighted by atomic mass is 32.2. The Morgan fingerprint density at radius 3 is 2.66 bits per heavy atom. The molecule has 3 aliphatic rings. The number of hydrogen-bond donors (Lipinski definition) is 2. The van der Waals surface area contributed by atoms with E-state index in [-0.39, 0.29) is 30.0 Å². The number of carboxylic acids is 1. The van der Waals surface area contributed by atoms with Crippen LogP contribution >= 0.6 is 23.5 Å². The lowest BCUT2D eigenvalue weighted by Crippen LogP contribution is -2.61. The summed E-state index contributed by atoms with van der Waals surface area (Å²) in [5, 5.41) is 19.2. The average Bonchev–Trinajstić information content (AvgIpc) is 3.31. The van der Waals surface area contributed by atoms with E-state index in [1.807, 2.05) is 0 Å². The number of fused-ring (bicyclic) bond motifs is 1. The number of aliphatic hydroxyl groups excluding tert-OH is 1. The van der Waals surface area contributed by atoms with Gasteiger partial charge in [0.25, 0.3) is 0 Å². The normalized spacial score (nSPS) is 27.7. The predicted octanol–water partition coefficient (Wildman–Crippen LogP) is 1.13. The molecule has 0 aliphatic carbocycles. The lowest BCUT2D eigenvalue weighted by atomic mass is 9.90. The van der Waals surface area contributed by atoms with Crippen LogP contribution in [-0.4, -0.2) is 98.8 Å². The van der Waals surface area contributed by atoms with Crippen molar-refractivity contribution in [2.75, 3.05) is 27.2 Å². The highest BCUT2D eigenvalue weighted by Crippen LogP contribution is 2.55. The molecule has 0 spiro atoms. The molecule has 0 radical (unpaired) electrons. The third kappa shape index (κ3) is 4.35. The Labute approximate surface area is 194 Å². The maximum absolute atomic E-state index is 12.7. The third-order valence-corrected chi connectivity index (χ3v) is 8.42. The van der Waals surface area contributed by atoms with Crippen molar-refractivity contribution in [1.29, 1.82) is 0 Å². The fourth-order valence-electron chi connectivity index (χ4n) is 3.98. The Morgan fingerprint density at radius 1 is 1.41 bits per heavy atom. The maximum atomic E-state index is 12.7. The van der Waals surface area contributed by atoms with E-state index in [1.54, 1.807) is 21.0 Å². The molecular weight excluding hydrogens is 458 g/mol. The van der Waals surface area contributed by atoms with Gasteiger partial charge in [0.15, 0.2) is 5.70 Å². The number of rotatable bonds is 8. The molecule has 3 heterocycles. The molecule has 0 unspecified atom stereocenters. The summed E-state index contributed by atoms with van der Waals surface area (Å²) in [6.07, 6.45) is 0.681. The number of thioether (sulfide) groups is 2. The van der Waals surface area contributed by atoms with E-state index in [9.17, 15) is 29.4 Å². The first-order chi connectivity index (χ1) is 15.1. The minimum Gasteiger partial charge on any atom is -0.477 e. The summed E-state index contributed by atoms with van der Waals surface area (Å²) in [5.74, 6) is -2.51. The van der Waals surface area contributed by atoms with Gasteiger partial charge < -0.3 is 19.8 Å². The van der Waals surface area contributed by atoms with Gasteiger partial charge in [-0.05, 0) is 12.8 Å². The Bertz CT molecular complexity index is 862. The van der Waals surface area contributed by atoms with Crippen LogP contribution in [-0.2, 0) is 19.1 Å². The number of aliphatic carboxylic acids is 1. The SMILES string of the molecule is C=CCOC(=O)N1C[C@@H](SC2=C(C(=O)O)N3C(=O)[C@@H]([C@@H](O)CC)[C@H]3S2)C[C@H]1C(=O)N(C)C. The van der Waals surface area contributed by atoms with Crippen molar-refractivity contribution >= 4 is 47.4 Å². The van der Waals surface area contributed by atoms with Gasteiger partial charge in [-0.3, -0.25) is 19.4 Å². The van der Waals surface area contributed by atoms with Crippen LogP contribution in [0.5, 0.6) is 0 Å². The van der Waals surface area contributed by atoms with Gasteiger partial charge >= 0.3 is 12.1 Å². The molecule has 5 atom stereocenters. The van der Waals surface area contributed by atoms with Crippen molar-refractivity contribution in [3.63, 3.8) is 0 Å². The van der Waals surface area contributed by atoms with E-state index in [0.29, 0.717) is 17.1 Å². The molecule has 3 aliphatic heterocycles. The van der Waals surface area contributed by atoms with Gasteiger partial charge in [-0.2, -0.15) is 0 Å². The van der Waals surface area contributed by atoms with Crippen LogP contribution in [0.15, 0.2) is 22.6 Å². The molecule has 3 rings (SSSR count). The number of hydrogen-bond acceptors (Lipinski definition) is 8. The number of ether oxygens (including phenoxy) is 1. The molecule has 2 N–H and O–H groups in total. The second-order valence-electron chi connectivity index (χ2n) is 7.90. The van der Waals surface area contributed by atoms with Gasteiger partial charge in [0.05, 0.1) is 16.3 Å². The van der Waals surface area contributed by atoms with Crippen molar-refractivity contribution in [1.82, 2.24) is 14.7 Å². The van der Waals surface area contributed by atoms with Crippen molar-refractivity contribution < 1.29 is 34.1 Å². The smallest absolute Gasteiger partial charge is 0.410 e. The van der Waals surface area contributed by atoms with E-state index in [0.717, 1.165) is 0 Å². The fourth-order valence-corrected chi connectivity index (χ4v) is 7.29. The zero-order valence-electron chi connectivity index (χ0n) is 18.1. The van der Waals surface area contributed by atoms with Gasteiger partial charge in [0.2, 0.25) is 11.8 Å². The highest BCUT2D eigenvalue weighted by molar-refractivity contribution is 8.23. The van der Waals surface area contributed by atoms with Crippen molar-refractivity contribution in [3.8, 4) is 0 Å². The van der Waals surface area contributed by atoms with Crippen LogP contribution < -0.4 is 0 Å². The van der Waals surface area contributed by atoms with Crippen LogP contribution in [0.3, 0.4) is 0 Å². The molecule has 0 bridgehead atoms. The number of nitrogens with zero attached hydrogens (tertiary/aromatic N) is 3. The number of carbonyl (C=O) groups is 4. The first-order valence-corrected chi connectivity index (χ1v) is 12.0. The average molecular weight is 486 g/mol. The van der Waals surface area contributed by atoms with Crippen molar-refractivity contribution in [3.05, 3.63) is 22.6 Å². The van der Waals surface area contributed by atoms with Gasteiger partial charge in [-0.1, -0.05) is 31.3 Å². The van der Waals surface area contributed by atoms with Crippen LogP contribution in [0.2, 0.25) is 0 Å². The number of β-lactam (4-membered cyclic amide) rings is 1. The maximum Gasteiger partial charge on any atom is 0.410 e. The molecule has 0 aromatic rings. The standard InChI is InChI=1S/C20H27N3O7S2/c1-5-7-30-20(29)22-9-10(8-11(22)15(25)21(3)4)31-19-14(18(27)28)23-16(26)13(12(24)6-2)17(23)32-19/h5,10-13,17,24H,1,6-9H2,2-4H3,(H,27,28)/t10-,11-,12-,13+,17+/m0/s1. The lowest BCUT2D eigenvalue weighted by Gasteiger charge is -2.44. The molecule has 176 valence electrons. The summed E-state index contributed by atoms with van der Waals surface area (Å²) in [5.41, 5.74) is -0.0993. The Kier molecular flexibility index (Phi) is 7.46. The van der Waals surface area contributed by atoms with Crippen LogP contribution in [0, 0.1) is 5.92 Å². The Balaban J connectivity index is 1.79. The number of aliphatic hydroxyl groups is 1. The van der Waals surface area contributed by atoms with E-state index in [2.05, 4.69) is 6.58 Å². The van der Waals surface area contributed by atoms with Crippen molar-refractivity contribution in [2.45, 2.75) is 42.5 Å². The van der Waals surface area contributed by atoms with E-state index in [4.69, 9.17) is 4.74 Å². The molecule has 10 nitrogen and oxygen atoms in total. The van der Waals surface area contributed by atoms with Crippen molar-refractivity contribution in [2.24, 2.45) is 5.92 Å². The number of carboxylic acid groups (broad SMARTS) is 1. The number of likely N-dealkylation sites (N-methyl/N-ethyl adjacent to an activating group) is 1. The van der Waals surface area contributed by atoms with Gasteiger partial charge in [-0.25, -0.2) is 9.59 Å². The minimum absolute atomic E-state index is 0.0140. The third-order valence-electron chi connectivity index (χ3n) is 5.60. The molecule has 0 aromatic heterocycles. The number of amides is 3. The lowest BCUT2D eigenvalue weighted by molar-refractivity contribution is -0.157. The van der Waals surface area contributed by atoms with Gasteiger partial charge in [0.1, 0.15) is 18.0 Å². The van der Waals surface area contributed by atoms with E-state index >= 15 is 0 Å². The number of carbonyl (C=O) groups excluding carboxylic acids is 3. The summed E-state index contributed by atoms with van der Waals surface area (Å²) >= 11 is 2.49. The highest BCUT2D eigenvalue weighted by Gasteiger charge is 2.58. The summed E-state index contributed by atoms with van der Waals surface area (Å²) in [6.45, 7) is 5.49. The Hall–Kier alpha value is -2.18. The van der Waals surface area contributed by atoms with Crippen LogP contribution in [0.4, 0.5) is 4.79 Å². The van der Waals surface area contributed by atoms with E-state index in [1.165, 1.54) is 44.3 Å². The molecule has 12 heteroatoms. The Morgan fingerprint density at radius 2 is 2.09 bits per heavy atom. The largest absolute Gasteiger partial charge is 0.477 e. The van der Waals surface area contributed by atoms with Crippen LogP contribution in [0.25, 0.3) is 0 Å². The molecule has 32 heavy (non-hydrogen) atoms. The molecular formula is C20H27N3O7S2. The first kappa shape index (κ1) is 24.5. The summed E-state index contributed by atoms with van der Waals surface area (Å²) in [7, 11) is 3.20. The second-order valence-corrected chi connectivity index (χ2v) is 10.6. The van der Waals surface area contributed by atoms with Gasteiger partial charge in [0, 0.05) is 25.9 Å². The minimum atomic E-state index is -1.22. The van der Waals surface area contributed by atoms with E-state index < -0.39 is 41.4 Å². The first-order valence-electron chi connectivity index (χ1n) is 10.2. The molecule has 2 saturated heterocycles. The van der Waals surface area contributed by atoms with Crippen LogP contribution in [0.1, 0.15) is 19.8 Å². The quantitative estimate of drug-likeness (QED) is 0.384. The fraction of sp³-hybridized carbons (Fsp3) is 0.600. The number of likely N-dealkylation sites (tertiary alicyclic amines) is 1. The summed E-state index contributed by atoms with van der Waals surface area (Å²) in [6, 6.07) is -0.728. The molecule has 0 saturated carbocycles. The second kappa shape index (κ2) is 9.75. The molecule has 2 fully saturated rings. The topological polar surface area (TPSA) is 128 Å². The summed E-state index contributed by atoms with van der Waals surface area (Å²) in [4.78, 5) is 53.6.